The molecule has 1 aromatic rings. The summed E-state index contributed by atoms with van der Waals surface area (Å²) in [6.45, 7) is 4.87. The number of aromatic nitrogens is 1. The van der Waals surface area contributed by atoms with Crippen LogP contribution in [0.2, 0.25) is 0 Å². The van der Waals surface area contributed by atoms with Crippen LogP contribution >= 0.6 is 0 Å². The monoisotopic (exact) mass is 241 g/mol. The van der Waals surface area contributed by atoms with E-state index in [1.807, 2.05) is 0 Å². The quantitative estimate of drug-likeness (QED) is 0.535. The van der Waals surface area contributed by atoms with Crippen molar-refractivity contribution in [3.8, 4) is 0 Å². The number of nitrogens with one attached hydrogen (secondary N) is 2. The zero-order valence-corrected chi connectivity index (χ0v) is 9.85. The van der Waals surface area contributed by atoms with E-state index < -0.39 is 22.5 Å². The van der Waals surface area contributed by atoms with Crippen molar-refractivity contribution < 1.29 is 14.8 Å². The second-order valence-electron chi connectivity index (χ2n) is 4.38. The zero-order valence-electron chi connectivity index (χ0n) is 9.85. The van der Waals surface area contributed by atoms with E-state index >= 15 is 0 Å². The fourth-order valence-corrected chi connectivity index (χ4v) is 1.08. The van der Waals surface area contributed by atoms with Crippen molar-refractivity contribution in [2.75, 3.05) is 0 Å². The predicted molar refractivity (Wildman–Crippen MR) is 60.7 cm³/mol. The minimum Gasteiger partial charge on any atom is -0.391 e. The lowest BCUT2D eigenvalue weighted by atomic mass is 9.98. The first-order valence-electron chi connectivity index (χ1n) is 5.07. The Bertz CT molecular complexity index is 437. The van der Waals surface area contributed by atoms with Crippen LogP contribution in [0.25, 0.3) is 0 Å². The molecule has 1 heterocycles. The molecule has 0 aliphatic heterocycles. The summed E-state index contributed by atoms with van der Waals surface area (Å²) in [5.41, 5.74) is -0.896. The molecule has 3 N–H and O–H groups in total. The number of carbonyl (C=O) groups excluding carboxylic acids is 1. The van der Waals surface area contributed by atoms with Gasteiger partial charge in [0.05, 0.1) is 22.8 Å². The van der Waals surface area contributed by atoms with Gasteiger partial charge in [-0.25, -0.2) is 0 Å². The van der Waals surface area contributed by atoms with E-state index in [4.69, 9.17) is 0 Å². The molecule has 7 heteroatoms. The molecule has 1 rings (SSSR count). The molecule has 1 amide bonds. The van der Waals surface area contributed by atoms with Crippen LogP contribution in [0, 0.1) is 10.1 Å². The number of aliphatic hydroxyl groups excluding tert-OH is 1. The molecule has 17 heavy (non-hydrogen) atoms. The van der Waals surface area contributed by atoms with Gasteiger partial charge in [0.1, 0.15) is 5.69 Å². The first-order valence-corrected chi connectivity index (χ1v) is 5.07. The van der Waals surface area contributed by atoms with E-state index in [-0.39, 0.29) is 11.4 Å². The first-order chi connectivity index (χ1) is 7.74. The van der Waals surface area contributed by atoms with Gasteiger partial charge in [0.25, 0.3) is 11.6 Å². The van der Waals surface area contributed by atoms with Crippen LogP contribution in [0.5, 0.6) is 0 Å². The number of nitrogens with zero attached hydrogens (tertiary/aromatic N) is 1. The highest BCUT2D eigenvalue weighted by molar-refractivity contribution is 5.93. The van der Waals surface area contributed by atoms with E-state index in [2.05, 4.69) is 10.3 Å². The van der Waals surface area contributed by atoms with Gasteiger partial charge in [0, 0.05) is 6.07 Å². The molecule has 0 saturated heterocycles. The van der Waals surface area contributed by atoms with Crippen molar-refractivity contribution in [2.45, 2.75) is 32.4 Å². The van der Waals surface area contributed by atoms with Crippen molar-refractivity contribution >= 4 is 11.6 Å². The van der Waals surface area contributed by atoms with Crippen molar-refractivity contribution in [3.63, 3.8) is 0 Å². The van der Waals surface area contributed by atoms with E-state index in [0.717, 1.165) is 12.3 Å². The second kappa shape index (κ2) is 4.54. The topological polar surface area (TPSA) is 108 Å². The average molecular weight is 241 g/mol. The van der Waals surface area contributed by atoms with Gasteiger partial charge in [-0.3, -0.25) is 14.9 Å². The Balaban J connectivity index is 2.80. The highest BCUT2D eigenvalue weighted by Crippen LogP contribution is 2.14. The molecular weight excluding hydrogens is 226 g/mol. The number of hydrogen-bond donors (Lipinski definition) is 3. The molecule has 0 saturated carbocycles. The van der Waals surface area contributed by atoms with Gasteiger partial charge >= 0.3 is 0 Å². The van der Waals surface area contributed by atoms with E-state index in [1.54, 1.807) is 20.8 Å². The van der Waals surface area contributed by atoms with Crippen LogP contribution in [-0.2, 0) is 0 Å². The van der Waals surface area contributed by atoms with Crippen molar-refractivity contribution in [1.29, 1.82) is 0 Å². The van der Waals surface area contributed by atoms with Gasteiger partial charge in [0.2, 0.25) is 0 Å². The summed E-state index contributed by atoms with van der Waals surface area (Å²) in [5, 5.41) is 22.5. The van der Waals surface area contributed by atoms with E-state index in [1.165, 1.54) is 0 Å². The number of rotatable bonds is 4. The molecule has 0 aliphatic rings. The highest BCUT2D eigenvalue weighted by atomic mass is 16.6. The van der Waals surface area contributed by atoms with Crippen LogP contribution in [-0.4, -0.2) is 32.6 Å². The molecule has 7 nitrogen and oxygen atoms in total. The molecule has 1 unspecified atom stereocenters. The maximum Gasteiger partial charge on any atom is 0.287 e. The van der Waals surface area contributed by atoms with Crippen molar-refractivity contribution in [1.82, 2.24) is 10.3 Å². The van der Waals surface area contributed by atoms with Gasteiger partial charge in [-0.2, -0.15) is 0 Å². The minimum atomic E-state index is -0.809. The SMILES string of the molecule is CC(O)C(C)(C)NC(=O)c1cc([N+](=O)[O-])c[nH]1. The zero-order chi connectivity index (χ0) is 13.2. The van der Waals surface area contributed by atoms with E-state index in [0.29, 0.717) is 0 Å². The Kier molecular flexibility index (Phi) is 3.52. The second-order valence-corrected chi connectivity index (χ2v) is 4.38. The number of carbonyl (C=O) groups is 1. The summed E-state index contributed by atoms with van der Waals surface area (Å²) in [5.74, 6) is -0.496. The Morgan fingerprint density at radius 2 is 2.24 bits per heavy atom. The highest BCUT2D eigenvalue weighted by Gasteiger charge is 2.27. The van der Waals surface area contributed by atoms with Crippen LogP contribution < -0.4 is 5.32 Å². The average Bonchev–Trinajstić information content (AvgIpc) is 2.65. The summed E-state index contributed by atoms with van der Waals surface area (Å²) in [4.78, 5) is 24.1. The van der Waals surface area contributed by atoms with Crippen LogP contribution in [0.15, 0.2) is 12.3 Å². The number of amides is 1. The molecule has 1 atom stereocenters. The van der Waals surface area contributed by atoms with Gasteiger partial charge in [-0.15, -0.1) is 0 Å². The maximum atomic E-state index is 11.7. The Morgan fingerprint density at radius 3 is 2.65 bits per heavy atom. The summed E-state index contributed by atoms with van der Waals surface area (Å²) in [6.07, 6.45) is 0.404. The Hall–Kier alpha value is -1.89. The summed E-state index contributed by atoms with van der Waals surface area (Å²) in [7, 11) is 0. The standard InChI is InChI=1S/C10H15N3O4/c1-6(14)10(2,3)12-9(15)8-4-7(5-11-8)13(16)17/h4-6,11,14H,1-3H3,(H,12,15). The summed E-state index contributed by atoms with van der Waals surface area (Å²) in [6, 6.07) is 1.15. The maximum absolute atomic E-state index is 11.7. The van der Waals surface area contributed by atoms with Gasteiger partial charge in [0.15, 0.2) is 0 Å². The lowest BCUT2D eigenvalue weighted by molar-refractivity contribution is -0.384. The first kappa shape index (κ1) is 13.2. The summed E-state index contributed by atoms with van der Waals surface area (Å²) >= 11 is 0. The van der Waals surface area contributed by atoms with Gasteiger partial charge < -0.3 is 15.4 Å². The predicted octanol–water partition coefficient (Wildman–Crippen LogP) is 0.812. The molecule has 0 aliphatic carbocycles. The van der Waals surface area contributed by atoms with Crippen LogP contribution in [0.1, 0.15) is 31.3 Å². The normalized spacial score (nSPS) is 13.2. The largest absolute Gasteiger partial charge is 0.391 e. The Labute approximate surface area is 98.0 Å². The molecule has 0 radical (unpaired) electrons. The Morgan fingerprint density at radius 1 is 1.65 bits per heavy atom. The van der Waals surface area contributed by atoms with E-state index in [9.17, 15) is 20.0 Å². The van der Waals surface area contributed by atoms with Gasteiger partial charge in [-0.1, -0.05) is 0 Å². The summed E-state index contributed by atoms with van der Waals surface area (Å²) < 4.78 is 0. The molecule has 0 bridgehead atoms. The third-order valence-electron chi connectivity index (χ3n) is 2.60. The molecule has 0 aromatic carbocycles. The number of H-pyrrole nitrogens is 1. The fourth-order valence-electron chi connectivity index (χ4n) is 1.08. The van der Waals surface area contributed by atoms with Gasteiger partial charge in [-0.05, 0) is 20.8 Å². The smallest absolute Gasteiger partial charge is 0.287 e. The van der Waals surface area contributed by atoms with Crippen molar-refractivity contribution in [3.05, 3.63) is 28.1 Å². The van der Waals surface area contributed by atoms with Crippen LogP contribution in [0.4, 0.5) is 5.69 Å². The molecule has 0 spiro atoms. The minimum absolute atomic E-state index is 0.0884. The third kappa shape index (κ3) is 3.04. The number of aliphatic hydroxyl groups is 1. The third-order valence-corrected chi connectivity index (χ3v) is 2.60. The fraction of sp³-hybridized carbons (Fsp3) is 0.500. The molecule has 0 fully saturated rings. The van der Waals surface area contributed by atoms with Crippen molar-refractivity contribution in [2.24, 2.45) is 0 Å². The molecular formula is C10H15N3O4. The molecule has 1 aromatic heterocycles. The van der Waals surface area contributed by atoms with Crippen LogP contribution in [0.3, 0.4) is 0 Å². The number of hydrogen-bond acceptors (Lipinski definition) is 4. The molecule has 94 valence electrons. The number of aromatic amines is 1. The number of nitro groups is 1. The lowest BCUT2D eigenvalue weighted by Gasteiger charge is -2.28. The lowest BCUT2D eigenvalue weighted by Crippen LogP contribution is -2.51.